The Labute approximate surface area is 195 Å². The number of benzene rings is 2. The van der Waals surface area contributed by atoms with E-state index in [0.29, 0.717) is 22.3 Å². The highest BCUT2D eigenvalue weighted by Gasteiger charge is 2.42. The number of nitrogens with one attached hydrogen (secondary N) is 1. The molecule has 0 saturated carbocycles. The van der Waals surface area contributed by atoms with Crippen molar-refractivity contribution in [1.29, 1.82) is 0 Å². The number of hydrogen-bond acceptors (Lipinski definition) is 4. The number of anilines is 1. The number of aromatic nitrogens is 2. The number of fused-ring (bicyclic) bond motifs is 1. The number of rotatable bonds is 4. The van der Waals surface area contributed by atoms with Gasteiger partial charge in [-0.05, 0) is 60.7 Å². The molecule has 8 heteroatoms. The standard InChI is InChI=1S/C25H19FN4O2S/c26-17-6-1-2-8-19(17)29-13-5-9-20(29)24-23(18-7-3-4-12-27-18)28-25(33)30(24)16-10-11-21-22(14-16)32-15-31-21/h1-14,23-24H,15H2,(H,28,33). The fourth-order valence-electron chi connectivity index (χ4n) is 4.47. The largest absolute Gasteiger partial charge is 0.454 e. The predicted molar refractivity (Wildman–Crippen MR) is 126 cm³/mol. The SMILES string of the molecule is Fc1ccccc1-n1cccc1C1C(c2ccccn2)NC(=S)N1c1ccc2c(c1)OCO2. The summed E-state index contributed by atoms with van der Waals surface area (Å²) in [6.45, 7) is 0.192. The Kier molecular flexibility index (Phi) is 4.73. The molecule has 4 heterocycles. The highest BCUT2D eigenvalue weighted by atomic mass is 32.1. The molecule has 2 aromatic heterocycles. The van der Waals surface area contributed by atoms with Gasteiger partial charge in [-0.15, -0.1) is 0 Å². The van der Waals surface area contributed by atoms with Gasteiger partial charge >= 0.3 is 0 Å². The second-order valence-corrected chi connectivity index (χ2v) is 8.18. The summed E-state index contributed by atoms with van der Waals surface area (Å²) in [6.07, 6.45) is 3.62. The number of ether oxygens (including phenoxy) is 2. The van der Waals surface area contributed by atoms with Crippen molar-refractivity contribution in [2.24, 2.45) is 0 Å². The molecular formula is C25H19FN4O2S. The van der Waals surface area contributed by atoms with E-state index in [9.17, 15) is 4.39 Å². The zero-order valence-electron chi connectivity index (χ0n) is 17.4. The smallest absolute Gasteiger partial charge is 0.231 e. The van der Waals surface area contributed by atoms with Gasteiger partial charge < -0.3 is 24.3 Å². The third-order valence-electron chi connectivity index (χ3n) is 5.93. The number of para-hydroxylation sites is 1. The Hall–Kier alpha value is -3.91. The van der Waals surface area contributed by atoms with Crippen LogP contribution in [0.3, 0.4) is 0 Å². The van der Waals surface area contributed by atoms with Crippen molar-refractivity contribution in [3.8, 4) is 17.2 Å². The van der Waals surface area contributed by atoms with Crippen molar-refractivity contribution < 1.29 is 13.9 Å². The molecule has 0 radical (unpaired) electrons. The van der Waals surface area contributed by atoms with Gasteiger partial charge in [0.2, 0.25) is 6.79 Å². The third-order valence-corrected chi connectivity index (χ3v) is 6.24. The van der Waals surface area contributed by atoms with E-state index in [-0.39, 0.29) is 24.7 Å². The van der Waals surface area contributed by atoms with Crippen molar-refractivity contribution in [1.82, 2.24) is 14.9 Å². The van der Waals surface area contributed by atoms with E-state index in [1.165, 1.54) is 6.07 Å². The number of thiocarbonyl (C=S) groups is 1. The molecule has 0 bridgehead atoms. The van der Waals surface area contributed by atoms with Crippen LogP contribution in [-0.2, 0) is 0 Å². The molecule has 4 aromatic rings. The van der Waals surface area contributed by atoms with Crippen LogP contribution in [0, 0.1) is 5.82 Å². The first-order chi connectivity index (χ1) is 16.2. The van der Waals surface area contributed by atoms with Gasteiger partial charge in [0.1, 0.15) is 11.9 Å². The average Bonchev–Trinajstić information content (AvgIpc) is 3.57. The van der Waals surface area contributed by atoms with Crippen LogP contribution < -0.4 is 19.7 Å². The van der Waals surface area contributed by atoms with Gasteiger partial charge in [-0.1, -0.05) is 18.2 Å². The molecule has 2 unspecified atom stereocenters. The molecule has 0 spiro atoms. The lowest BCUT2D eigenvalue weighted by molar-refractivity contribution is 0.174. The van der Waals surface area contributed by atoms with Crippen LogP contribution in [0.2, 0.25) is 0 Å². The lowest BCUT2D eigenvalue weighted by Gasteiger charge is -2.29. The highest BCUT2D eigenvalue weighted by Crippen LogP contribution is 2.45. The van der Waals surface area contributed by atoms with Gasteiger partial charge in [0.05, 0.1) is 17.4 Å². The maximum atomic E-state index is 14.8. The van der Waals surface area contributed by atoms with Gasteiger partial charge in [-0.25, -0.2) is 4.39 Å². The summed E-state index contributed by atoms with van der Waals surface area (Å²) in [5.74, 6) is 1.07. The van der Waals surface area contributed by atoms with Crippen molar-refractivity contribution in [3.05, 3.63) is 102 Å². The Morgan fingerprint density at radius 3 is 2.67 bits per heavy atom. The maximum absolute atomic E-state index is 14.8. The molecule has 0 amide bonds. The Morgan fingerprint density at radius 1 is 0.970 bits per heavy atom. The first kappa shape index (κ1) is 19.8. The minimum atomic E-state index is -0.299. The van der Waals surface area contributed by atoms with Crippen molar-refractivity contribution >= 4 is 23.0 Å². The molecule has 164 valence electrons. The Morgan fingerprint density at radius 2 is 1.82 bits per heavy atom. The van der Waals surface area contributed by atoms with E-state index in [2.05, 4.69) is 10.3 Å². The molecule has 0 aliphatic carbocycles. The Balaban J connectivity index is 1.52. The van der Waals surface area contributed by atoms with Crippen LogP contribution in [0.25, 0.3) is 5.69 Å². The predicted octanol–water partition coefficient (Wildman–Crippen LogP) is 4.92. The van der Waals surface area contributed by atoms with Crippen LogP contribution in [0.5, 0.6) is 11.5 Å². The topological polar surface area (TPSA) is 51.6 Å². The summed E-state index contributed by atoms with van der Waals surface area (Å²) >= 11 is 5.80. The van der Waals surface area contributed by atoms with E-state index < -0.39 is 0 Å². The van der Waals surface area contributed by atoms with Crippen molar-refractivity contribution in [3.63, 3.8) is 0 Å². The van der Waals surface area contributed by atoms with Crippen LogP contribution >= 0.6 is 12.2 Å². The maximum Gasteiger partial charge on any atom is 0.231 e. The second-order valence-electron chi connectivity index (χ2n) is 7.79. The highest BCUT2D eigenvalue weighted by molar-refractivity contribution is 7.80. The number of halogens is 1. The molecular weight excluding hydrogens is 439 g/mol. The van der Waals surface area contributed by atoms with E-state index in [4.69, 9.17) is 21.7 Å². The molecule has 6 nitrogen and oxygen atoms in total. The fourth-order valence-corrected chi connectivity index (χ4v) is 4.82. The quantitative estimate of drug-likeness (QED) is 0.438. The second kappa shape index (κ2) is 7.90. The monoisotopic (exact) mass is 458 g/mol. The lowest BCUT2D eigenvalue weighted by Crippen LogP contribution is -2.30. The summed E-state index contributed by atoms with van der Waals surface area (Å²) in [6, 6.07) is 21.6. The van der Waals surface area contributed by atoms with Gasteiger partial charge in [-0.2, -0.15) is 0 Å². The normalized spacial score (nSPS) is 19.1. The van der Waals surface area contributed by atoms with Crippen LogP contribution in [0.1, 0.15) is 23.5 Å². The average molecular weight is 459 g/mol. The summed E-state index contributed by atoms with van der Waals surface area (Å²) in [7, 11) is 0. The van der Waals surface area contributed by atoms with Crippen LogP contribution in [-0.4, -0.2) is 21.5 Å². The molecule has 2 atom stereocenters. The molecule has 2 aliphatic rings. The molecule has 6 rings (SSSR count). The van der Waals surface area contributed by atoms with Crippen molar-refractivity contribution in [2.75, 3.05) is 11.7 Å². The van der Waals surface area contributed by atoms with Gasteiger partial charge in [-0.3, -0.25) is 4.98 Å². The summed E-state index contributed by atoms with van der Waals surface area (Å²) < 4.78 is 27.7. The fraction of sp³-hybridized carbons (Fsp3) is 0.120. The Bertz CT molecular complexity index is 1340. The van der Waals surface area contributed by atoms with Gasteiger partial charge in [0.25, 0.3) is 0 Å². The lowest BCUT2D eigenvalue weighted by atomic mass is 10.0. The van der Waals surface area contributed by atoms with E-state index in [1.807, 2.05) is 70.3 Å². The summed E-state index contributed by atoms with van der Waals surface area (Å²) in [5, 5.41) is 3.99. The minimum Gasteiger partial charge on any atom is -0.454 e. The number of pyridine rings is 1. The first-order valence-electron chi connectivity index (χ1n) is 10.5. The molecule has 1 saturated heterocycles. The molecule has 33 heavy (non-hydrogen) atoms. The first-order valence-corrected chi connectivity index (χ1v) is 10.9. The van der Waals surface area contributed by atoms with Crippen LogP contribution in [0.4, 0.5) is 10.1 Å². The van der Waals surface area contributed by atoms with Crippen molar-refractivity contribution in [2.45, 2.75) is 12.1 Å². The minimum absolute atomic E-state index is 0.192. The van der Waals surface area contributed by atoms with E-state index in [1.54, 1.807) is 18.3 Å². The van der Waals surface area contributed by atoms with E-state index >= 15 is 0 Å². The van der Waals surface area contributed by atoms with Gasteiger partial charge in [0, 0.05) is 29.8 Å². The molecule has 1 N–H and O–H groups in total. The summed E-state index contributed by atoms with van der Waals surface area (Å²) in [4.78, 5) is 6.62. The number of hydrogen-bond donors (Lipinski definition) is 1. The summed E-state index contributed by atoms with van der Waals surface area (Å²) in [5.41, 5.74) is 3.04. The third kappa shape index (κ3) is 3.30. The molecule has 2 aromatic carbocycles. The van der Waals surface area contributed by atoms with Crippen LogP contribution in [0.15, 0.2) is 85.2 Å². The molecule has 1 fully saturated rings. The zero-order valence-corrected chi connectivity index (χ0v) is 18.2. The van der Waals surface area contributed by atoms with Gasteiger partial charge in [0.15, 0.2) is 16.6 Å². The molecule has 2 aliphatic heterocycles. The number of nitrogens with zero attached hydrogens (tertiary/aromatic N) is 3. The van der Waals surface area contributed by atoms with E-state index in [0.717, 1.165) is 17.1 Å². The zero-order chi connectivity index (χ0) is 22.4.